The summed E-state index contributed by atoms with van der Waals surface area (Å²) in [4.78, 5) is 26.0. The molecule has 0 saturated heterocycles. The van der Waals surface area contributed by atoms with Gasteiger partial charge in [0, 0.05) is 11.3 Å². The van der Waals surface area contributed by atoms with E-state index < -0.39 is 5.91 Å². The van der Waals surface area contributed by atoms with Crippen LogP contribution in [-0.2, 0) is 24.1 Å². The number of hydrogen-bond acceptors (Lipinski definition) is 3. The number of nitrogens with one attached hydrogen (secondary N) is 1. The Morgan fingerprint density at radius 1 is 1.20 bits per heavy atom. The molecule has 0 unspecified atom stereocenters. The molecule has 0 spiro atoms. The van der Waals surface area contributed by atoms with Crippen LogP contribution in [0.15, 0.2) is 24.3 Å². The van der Waals surface area contributed by atoms with Gasteiger partial charge < -0.3 is 11.1 Å². The highest BCUT2D eigenvalue weighted by Gasteiger charge is 2.33. The molecule has 1 aromatic carbocycles. The molecule has 5 heteroatoms. The molecule has 2 amide bonds. The van der Waals surface area contributed by atoms with Crippen LogP contribution in [0.1, 0.15) is 85.3 Å². The van der Waals surface area contributed by atoms with Gasteiger partial charge in [0.15, 0.2) is 0 Å². The zero-order valence-corrected chi connectivity index (χ0v) is 19.6. The van der Waals surface area contributed by atoms with Crippen LogP contribution in [0.3, 0.4) is 0 Å². The number of carbonyl (C=O) groups excluding carboxylic acids is 2. The van der Waals surface area contributed by atoms with Crippen molar-refractivity contribution in [1.82, 2.24) is 0 Å². The Balaban J connectivity index is 1.69. The molecule has 1 aromatic heterocycles. The van der Waals surface area contributed by atoms with E-state index in [4.69, 9.17) is 5.73 Å². The fourth-order valence-corrected chi connectivity index (χ4v) is 5.54. The molecule has 2 aromatic rings. The lowest BCUT2D eigenvalue weighted by Crippen LogP contribution is -2.27. The summed E-state index contributed by atoms with van der Waals surface area (Å²) in [7, 11) is 0. The second-order valence-corrected chi connectivity index (χ2v) is 10.9. The Morgan fingerprint density at radius 2 is 1.87 bits per heavy atom. The number of thiophene rings is 1. The lowest BCUT2D eigenvalue weighted by atomic mass is 9.72. The van der Waals surface area contributed by atoms with Crippen LogP contribution in [0.25, 0.3) is 0 Å². The van der Waals surface area contributed by atoms with Crippen LogP contribution in [0.4, 0.5) is 5.00 Å². The SMILES string of the molecule is CC(C)c1ccc(CCC(=O)Nc2sc3c(c2C(N)=O)CC[C@H](C(C)(C)C)C3)cc1. The van der Waals surface area contributed by atoms with Gasteiger partial charge in [-0.05, 0) is 59.6 Å². The van der Waals surface area contributed by atoms with Crippen LogP contribution < -0.4 is 11.1 Å². The normalized spacial score (nSPS) is 16.4. The van der Waals surface area contributed by atoms with Crippen molar-refractivity contribution >= 4 is 28.2 Å². The van der Waals surface area contributed by atoms with Gasteiger partial charge in [-0.1, -0.05) is 58.9 Å². The predicted octanol–water partition coefficient (Wildman–Crippen LogP) is 5.69. The molecule has 0 radical (unpaired) electrons. The van der Waals surface area contributed by atoms with E-state index in [1.807, 2.05) is 0 Å². The van der Waals surface area contributed by atoms with Gasteiger partial charge in [0.2, 0.25) is 5.91 Å². The monoisotopic (exact) mass is 426 g/mol. The minimum atomic E-state index is -0.443. The molecule has 1 aliphatic carbocycles. The van der Waals surface area contributed by atoms with E-state index in [0.29, 0.717) is 35.2 Å². The van der Waals surface area contributed by atoms with E-state index in [1.165, 1.54) is 21.8 Å². The van der Waals surface area contributed by atoms with E-state index >= 15 is 0 Å². The number of anilines is 1. The van der Waals surface area contributed by atoms with Crippen LogP contribution in [0.5, 0.6) is 0 Å². The van der Waals surface area contributed by atoms with E-state index in [1.54, 1.807) is 0 Å². The molecule has 3 rings (SSSR count). The van der Waals surface area contributed by atoms with Crippen LogP contribution in [0, 0.1) is 11.3 Å². The third kappa shape index (κ3) is 5.12. The first-order chi connectivity index (χ1) is 14.1. The topological polar surface area (TPSA) is 72.2 Å². The summed E-state index contributed by atoms with van der Waals surface area (Å²) in [5.41, 5.74) is 9.94. The van der Waals surface area contributed by atoms with Gasteiger partial charge in [0.25, 0.3) is 5.91 Å². The first kappa shape index (κ1) is 22.5. The van der Waals surface area contributed by atoms with Crippen LogP contribution in [0.2, 0.25) is 0 Å². The third-order valence-corrected chi connectivity index (χ3v) is 7.45. The number of rotatable bonds is 6. The molecule has 1 heterocycles. The summed E-state index contributed by atoms with van der Waals surface area (Å²) in [6, 6.07) is 8.44. The maximum atomic E-state index is 12.6. The van der Waals surface area contributed by atoms with Crippen LogP contribution >= 0.6 is 11.3 Å². The summed E-state index contributed by atoms with van der Waals surface area (Å²) in [5.74, 6) is 0.553. The van der Waals surface area contributed by atoms with E-state index in [2.05, 4.69) is 64.2 Å². The fraction of sp³-hybridized carbons (Fsp3) is 0.520. The highest BCUT2D eigenvalue weighted by Crippen LogP contribution is 2.44. The molecule has 0 fully saturated rings. The molecule has 1 atom stereocenters. The molecule has 1 aliphatic rings. The quantitative estimate of drug-likeness (QED) is 0.622. The van der Waals surface area contributed by atoms with Crippen molar-refractivity contribution in [3.05, 3.63) is 51.4 Å². The number of aryl methyl sites for hydroxylation is 1. The number of nitrogens with two attached hydrogens (primary N) is 1. The molecular weight excluding hydrogens is 392 g/mol. The molecule has 162 valence electrons. The fourth-order valence-electron chi connectivity index (χ4n) is 4.19. The van der Waals surface area contributed by atoms with E-state index in [0.717, 1.165) is 30.4 Å². The average molecular weight is 427 g/mol. The Bertz CT molecular complexity index is 920. The highest BCUT2D eigenvalue weighted by molar-refractivity contribution is 7.17. The van der Waals surface area contributed by atoms with Crippen molar-refractivity contribution in [2.45, 2.75) is 72.6 Å². The van der Waals surface area contributed by atoms with Crippen molar-refractivity contribution in [2.75, 3.05) is 5.32 Å². The number of fused-ring (bicyclic) bond motifs is 1. The molecule has 0 aliphatic heterocycles. The van der Waals surface area contributed by atoms with Gasteiger partial charge in [-0.3, -0.25) is 9.59 Å². The van der Waals surface area contributed by atoms with Crippen LogP contribution in [-0.4, -0.2) is 11.8 Å². The lowest BCUT2D eigenvalue weighted by Gasteiger charge is -2.33. The minimum absolute atomic E-state index is 0.0728. The Hall–Kier alpha value is -2.14. The lowest BCUT2D eigenvalue weighted by molar-refractivity contribution is -0.116. The van der Waals surface area contributed by atoms with Crippen molar-refractivity contribution in [2.24, 2.45) is 17.1 Å². The molecule has 3 N–H and O–H groups in total. The molecular formula is C25H34N2O2S. The standard InChI is InChI=1S/C25H34N2O2S/c1-15(2)17-9-6-16(7-10-17)8-13-21(28)27-24-22(23(26)29)19-12-11-18(25(3,4)5)14-20(19)30-24/h6-7,9-10,15,18H,8,11-14H2,1-5H3,(H2,26,29)(H,27,28)/t18-/m0/s1. The van der Waals surface area contributed by atoms with Gasteiger partial charge in [-0.2, -0.15) is 0 Å². The number of carbonyl (C=O) groups is 2. The van der Waals surface area contributed by atoms with Crippen molar-refractivity contribution in [3.63, 3.8) is 0 Å². The number of primary amides is 1. The minimum Gasteiger partial charge on any atom is -0.365 e. The van der Waals surface area contributed by atoms with Gasteiger partial charge in [0.1, 0.15) is 5.00 Å². The first-order valence-electron chi connectivity index (χ1n) is 10.9. The smallest absolute Gasteiger partial charge is 0.251 e. The zero-order valence-electron chi connectivity index (χ0n) is 18.8. The van der Waals surface area contributed by atoms with Crippen molar-refractivity contribution in [1.29, 1.82) is 0 Å². The molecule has 0 bridgehead atoms. The van der Waals surface area contributed by atoms with Gasteiger partial charge >= 0.3 is 0 Å². The highest BCUT2D eigenvalue weighted by atomic mass is 32.1. The molecule has 4 nitrogen and oxygen atoms in total. The first-order valence-corrected chi connectivity index (χ1v) is 11.7. The molecule has 0 saturated carbocycles. The largest absolute Gasteiger partial charge is 0.365 e. The summed E-state index contributed by atoms with van der Waals surface area (Å²) in [5, 5.41) is 3.61. The second kappa shape index (κ2) is 8.93. The average Bonchev–Trinajstić information content (AvgIpc) is 3.03. The summed E-state index contributed by atoms with van der Waals surface area (Å²) in [6.07, 6.45) is 3.90. The van der Waals surface area contributed by atoms with Gasteiger partial charge in [-0.25, -0.2) is 0 Å². The summed E-state index contributed by atoms with van der Waals surface area (Å²) < 4.78 is 0. The van der Waals surface area contributed by atoms with E-state index in [9.17, 15) is 9.59 Å². The maximum absolute atomic E-state index is 12.6. The second-order valence-electron chi connectivity index (χ2n) is 9.82. The summed E-state index contributed by atoms with van der Waals surface area (Å²) >= 11 is 1.53. The predicted molar refractivity (Wildman–Crippen MR) is 125 cm³/mol. The van der Waals surface area contributed by atoms with Crippen molar-refractivity contribution < 1.29 is 9.59 Å². The maximum Gasteiger partial charge on any atom is 0.251 e. The van der Waals surface area contributed by atoms with Gasteiger partial charge in [-0.15, -0.1) is 11.3 Å². The molecule has 30 heavy (non-hydrogen) atoms. The zero-order chi connectivity index (χ0) is 22.1. The number of amides is 2. The summed E-state index contributed by atoms with van der Waals surface area (Å²) in [6.45, 7) is 11.1. The third-order valence-electron chi connectivity index (χ3n) is 6.28. The van der Waals surface area contributed by atoms with E-state index in [-0.39, 0.29) is 11.3 Å². The Morgan fingerprint density at radius 3 is 2.43 bits per heavy atom. The van der Waals surface area contributed by atoms with Crippen molar-refractivity contribution in [3.8, 4) is 0 Å². The number of benzene rings is 1. The van der Waals surface area contributed by atoms with Gasteiger partial charge in [0.05, 0.1) is 5.56 Å². The Labute approximate surface area is 184 Å². The Kier molecular flexibility index (Phi) is 6.71. The number of hydrogen-bond donors (Lipinski definition) is 2.